The fraction of sp³-hybridized carbons (Fsp3) is 0.296. The van der Waals surface area contributed by atoms with Crippen molar-refractivity contribution < 1.29 is 22.7 Å². The van der Waals surface area contributed by atoms with Crippen LogP contribution < -0.4 is 19.1 Å². The molecule has 0 unspecified atom stereocenters. The summed E-state index contributed by atoms with van der Waals surface area (Å²) in [5.41, 5.74) is 1.49. The minimum absolute atomic E-state index is 0.0752. The molecule has 0 saturated carbocycles. The Morgan fingerprint density at radius 3 is 2.23 bits per heavy atom. The lowest BCUT2D eigenvalue weighted by atomic mass is 10.0. The lowest BCUT2D eigenvalue weighted by Crippen LogP contribution is -2.41. The van der Waals surface area contributed by atoms with E-state index >= 15 is 0 Å². The van der Waals surface area contributed by atoms with Gasteiger partial charge in [0.1, 0.15) is 24.7 Å². The number of hydrogen-bond acceptors (Lipinski definition) is 5. The number of amides is 1. The lowest BCUT2D eigenvalue weighted by Gasteiger charge is -2.24. The van der Waals surface area contributed by atoms with Gasteiger partial charge >= 0.3 is 0 Å². The smallest absolute Gasteiger partial charge is 0.264 e. The van der Waals surface area contributed by atoms with Gasteiger partial charge in [-0.1, -0.05) is 50.2 Å². The van der Waals surface area contributed by atoms with Crippen LogP contribution in [-0.2, 0) is 14.8 Å². The second-order valence-electron chi connectivity index (χ2n) is 8.14. The van der Waals surface area contributed by atoms with Crippen molar-refractivity contribution in [1.82, 2.24) is 5.32 Å². The van der Waals surface area contributed by atoms with Crippen molar-refractivity contribution in [2.24, 2.45) is 0 Å². The summed E-state index contributed by atoms with van der Waals surface area (Å²) in [6.45, 7) is 6.68. The van der Waals surface area contributed by atoms with Crippen LogP contribution in [0.2, 0.25) is 0 Å². The minimum Gasteiger partial charge on any atom is -0.494 e. The van der Waals surface area contributed by atoms with E-state index in [0.29, 0.717) is 24.0 Å². The zero-order chi connectivity index (χ0) is 25.3. The topological polar surface area (TPSA) is 84.9 Å². The van der Waals surface area contributed by atoms with E-state index in [2.05, 4.69) is 19.2 Å². The molecule has 3 aromatic rings. The summed E-state index contributed by atoms with van der Waals surface area (Å²) >= 11 is 0. The van der Waals surface area contributed by atoms with Gasteiger partial charge in [-0.3, -0.25) is 9.10 Å². The third kappa shape index (κ3) is 6.99. The Morgan fingerprint density at radius 2 is 1.57 bits per heavy atom. The van der Waals surface area contributed by atoms with Crippen LogP contribution >= 0.6 is 0 Å². The second-order valence-corrected chi connectivity index (χ2v) is 10.0. The molecule has 1 amide bonds. The number of hydrogen-bond donors (Lipinski definition) is 1. The van der Waals surface area contributed by atoms with E-state index in [1.165, 1.54) is 12.1 Å². The fourth-order valence-corrected chi connectivity index (χ4v) is 4.96. The Kier molecular flexibility index (Phi) is 9.14. The Labute approximate surface area is 207 Å². The molecular formula is C27H32N2O5S. The highest BCUT2D eigenvalue weighted by molar-refractivity contribution is 7.92. The highest BCUT2D eigenvalue weighted by atomic mass is 32.2. The predicted octanol–water partition coefficient (Wildman–Crippen LogP) is 4.60. The number of nitrogens with zero attached hydrogens (tertiary/aromatic N) is 1. The summed E-state index contributed by atoms with van der Waals surface area (Å²) in [7, 11) is -3.98. The van der Waals surface area contributed by atoms with Crippen LogP contribution in [0.1, 0.15) is 32.3 Å². The number of rotatable bonds is 12. The van der Waals surface area contributed by atoms with Gasteiger partial charge in [-0.25, -0.2) is 8.42 Å². The Hall–Kier alpha value is -3.52. The number of nitrogens with one attached hydrogen (secondary N) is 1. The van der Waals surface area contributed by atoms with Gasteiger partial charge in [0.05, 0.1) is 23.7 Å². The Bertz CT molecular complexity index is 1200. The zero-order valence-electron chi connectivity index (χ0n) is 20.3. The van der Waals surface area contributed by atoms with Gasteiger partial charge in [-0.2, -0.15) is 0 Å². The van der Waals surface area contributed by atoms with Gasteiger partial charge in [0.2, 0.25) is 5.91 Å². The number of para-hydroxylation sites is 2. The molecule has 0 bridgehead atoms. The maximum Gasteiger partial charge on any atom is 0.264 e. The normalized spacial score (nSPS) is 11.2. The number of ether oxygens (including phenoxy) is 2. The first kappa shape index (κ1) is 26.1. The number of sulfonamides is 1. The summed E-state index contributed by atoms with van der Waals surface area (Å²) in [4.78, 5) is 12.8. The molecule has 35 heavy (non-hydrogen) atoms. The van der Waals surface area contributed by atoms with Crippen LogP contribution in [0.3, 0.4) is 0 Å². The van der Waals surface area contributed by atoms with Gasteiger partial charge in [0.15, 0.2) is 0 Å². The zero-order valence-corrected chi connectivity index (χ0v) is 21.1. The molecule has 8 heteroatoms. The van der Waals surface area contributed by atoms with Gasteiger partial charge in [0, 0.05) is 0 Å². The van der Waals surface area contributed by atoms with E-state index in [-0.39, 0.29) is 24.6 Å². The van der Waals surface area contributed by atoms with Gasteiger partial charge in [0.25, 0.3) is 10.0 Å². The maximum absolute atomic E-state index is 13.4. The number of benzene rings is 3. The van der Waals surface area contributed by atoms with Crippen LogP contribution in [0, 0.1) is 0 Å². The predicted molar refractivity (Wildman–Crippen MR) is 138 cm³/mol. The average Bonchev–Trinajstić information content (AvgIpc) is 2.86. The van der Waals surface area contributed by atoms with Crippen LogP contribution in [-0.4, -0.2) is 40.6 Å². The molecule has 0 aliphatic heterocycles. The Balaban J connectivity index is 1.68. The van der Waals surface area contributed by atoms with Crippen molar-refractivity contribution in [1.29, 1.82) is 0 Å². The second kappa shape index (κ2) is 12.3. The van der Waals surface area contributed by atoms with Crippen molar-refractivity contribution in [3.63, 3.8) is 0 Å². The van der Waals surface area contributed by atoms with E-state index < -0.39 is 15.9 Å². The molecule has 7 nitrogen and oxygen atoms in total. The summed E-state index contributed by atoms with van der Waals surface area (Å²) in [5, 5.41) is 2.76. The highest BCUT2D eigenvalue weighted by Gasteiger charge is 2.27. The third-order valence-electron chi connectivity index (χ3n) is 5.28. The van der Waals surface area contributed by atoms with E-state index in [9.17, 15) is 13.2 Å². The molecule has 0 radical (unpaired) electrons. The fourth-order valence-electron chi connectivity index (χ4n) is 3.54. The molecule has 3 aromatic carbocycles. The van der Waals surface area contributed by atoms with Crippen molar-refractivity contribution in [2.45, 2.75) is 31.6 Å². The highest BCUT2D eigenvalue weighted by Crippen LogP contribution is 2.26. The van der Waals surface area contributed by atoms with E-state index in [0.717, 1.165) is 15.6 Å². The first-order valence-electron chi connectivity index (χ1n) is 11.6. The lowest BCUT2D eigenvalue weighted by molar-refractivity contribution is -0.119. The van der Waals surface area contributed by atoms with Gasteiger partial charge < -0.3 is 14.8 Å². The molecule has 0 atom stereocenters. The van der Waals surface area contributed by atoms with E-state index in [1.807, 2.05) is 31.2 Å². The molecule has 0 heterocycles. The minimum atomic E-state index is -3.98. The van der Waals surface area contributed by atoms with Crippen LogP contribution in [0.25, 0.3) is 0 Å². The first-order valence-corrected chi connectivity index (χ1v) is 13.1. The van der Waals surface area contributed by atoms with Crippen LogP contribution in [0.4, 0.5) is 5.69 Å². The summed E-state index contributed by atoms with van der Waals surface area (Å²) in [6.07, 6.45) is 0. The van der Waals surface area contributed by atoms with Crippen molar-refractivity contribution in [2.75, 3.05) is 30.6 Å². The van der Waals surface area contributed by atoms with Crippen molar-refractivity contribution in [3.05, 3.63) is 84.4 Å². The van der Waals surface area contributed by atoms with Gasteiger partial charge in [-0.15, -0.1) is 0 Å². The molecule has 186 valence electrons. The molecule has 0 spiro atoms. The third-order valence-corrected chi connectivity index (χ3v) is 7.07. The summed E-state index contributed by atoms with van der Waals surface area (Å²) in [6, 6.07) is 22.5. The monoisotopic (exact) mass is 496 g/mol. The van der Waals surface area contributed by atoms with Crippen molar-refractivity contribution >= 4 is 21.6 Å². The largest absolute Gasteiger partial charge is 0.494 e. The van der Waals surface area contributed by atoms with E-state index in [1.54, 1.807) is 42.5 Å². The Morgan fingerprint density at radius 1 is 0.914 bits per heavy atom. The SMILES string of the molecule is CCOc1ccc(S(=O)(=O)N(CC(=O)NCCOc2ccccc2C(C)C)c2ccccc2)cc1. The molecule has 0 aliphatic rings. The van der Waals surface area contributed by atoms with Crippen molar-refractivity contribution in [3.8, 4) is 11.5 Å². The number of carbonyl (C=O) groups excluding carboxylic acids is 1. The van der Waals surface area contributed by atoms with Crippen LogP contribution in [0.5, 0.6) is 11.5 Å². The molecule has 0 fully saturated rings. The molecular weight excluding hydrogens is 464 g/mol. The standard InChI is InChI=1S/C27H32N2O5S/c1-4-33-23-14-16-24(17-15-23)35(31,32)29(22-10-6-5-7-11-22)20-27(30)28-18-19-34-26-13-9-8-12-25(26)21(2)3/h5-17,21H,4,18-20H2,1-3H3,(H,28,30). The number of anilines is 1. The maximum atomic E-state index is 13.4. The van der Waals surface area contributed by atoms with Gasteiger partial charge in [-0.05, 0) is 60.9 Å². The van der Waals surface area contributed by atoms with Crippen LogP contribution in [0.15, 0.2) is 83.8 Å². The molecule has 3 rings (SSSR count). The molecule has 0 aliphatic carbocycles. The molecule has 0 aromatic heterocycles. The molecule has 0 saturated heterocycles. The summed E-state index contributed by atoms with van der Waals surface area (Å²) < 4.78 is 39.2. The average molecular weight is 497 g/mol. The first-order chi connectivity index (χ1) is 16.8. The quantitative estimate of drug-likeness (QED) is 0.371. The number of carbonyl (C=O) groups is 1. The summed E-state index contributed by atoms with van der Waals surface area (Å²) in [5.74, 6) is 1.24. The molecule has 1 N–H and O–H groups in total. The van der Waals surface area contributed by atoms with E-state index in [4.69, 9.17) is 9.47 Å².